The minimum atomic E-state index is -0.0220. The molecule has 0 unspecified atom stereocenters. The number of aromatic nitrogens is 3. The molecular weight excluding hydrogens is 386 g/mol. The van der Waals surface area contributed by atoms with Crippen LogP contribution in [0.15, 0.2) is 29.2 Å². The van der Waals surface area contributed by atoms with Crippen molar-refractivity contribution in [3.8, 4) is 9.88 Å². The minimum absolute atomic E-state index is 0.0220. The number of amides is 1. The second kappa shape index (κ2) is 6.11. The van der Waals surface area contributed by atoms with E-state index < -0.39 is 0 Å². The number of hydrogen-bond acceptors (Lipinski definition) is 8. The second-order valence-corrected chi connectivity index (χ2v) is 8.82. The van der Waals surface area contributed by atoms with Crippen LogP contribution < -0.4 is 5.73 Å². The summed E-state index contributed by atoms with van der Waals surface area (Å²) in [6.45, 7) is 1.22. The van der Waals surface area contributed by atoms with Gasteiger partial charge in [0.05, 0.1) is 16.8 Å². The summed E-state index contributed by atoms with van der Waals surface area (Å²) in [4.78, 5) is 30.8. The molecule has 0 bridgehead atoms. The Labute approximate surface area is 161 Å². The number of nitrogens with two attached hydrogens (primary N) is 1. The maximum atomic E-state index is 12.9. The van der Waals surface area contributed by atoms with E-state index in [1.807, 2.05) is 27.8 Å². The lowest BCUT2D eigenvalue weighted by molar-refractivity contribution is 0.0732. The van der Waals surface area contributed by atoms with E-state index in [9.17, 15) is 4.79 Å². The van der Waals surface area contributed by atoms with Gasteiger partial charge in [0, 0.05) is 16.8 Å². The number of nitrogens with zero attached hydrogens (tertiary/aromatic N) is 4. The molecule has 1 aliphatic heterocycles. The summed E-state index contributed by atoms with van der Waals surface area (Å²) < 4.78 is 0. The minimum Gasteiger partial charge on any atom is -0.383 e. The highest BCUT2D eigenvalue weighted by atomic mass is 32.1. The molecule has 0 aliphatic carbocycles. The lowest BCUT2D eigenvalue weighted by atomic mass is 10.0. The van der Waals surface area contributed by atoms with E-state index in [2.05, 4.69) is 15.0 Å². The van der Waals surface area contributed by atoms with Crippen LogP contribution in [-0.4, -0.2) is 32.3 Å². The summed E-state index contributed by atoms with van der Waals surface area (Å²) in [5.41, 5.74) is 7.73. The summed E-state index contributed by atoms with van der Waals surface area (Å²) in [6, 6.07) is 4.01. The number of rotatable bonds is 2. The van der Waals surface area contributed by atoms with Gasteiger partial charge in [-0.05, 0) is 23.4 Å². The van der Waals surface area contributed by atoms with E-state index in [4.69, 9.17) is 5.73 Å². The molecule has 1 aliphatic rings. The summed E-state index contributed by atoms with van der Waals surface area (Å²) in [5, 5.41) is 5.71. The normalized spacial score (nSPS) is 13.9. The zero-order chi connectivity index (χ0) is 17.7. The molecule has 6 nitrogen and oxygen atoms in total. The zero-order valence-electron chi connectivity index (χ0n) is 13.5. The van der Waals surface area contributed by atoms with E-state index in [1.165, 1.54) is 23.2 Å². The van der Waals surface area contributed by atoms with Crippen LogP contribution in [0.25, 0.3) is 20.1 Å². The van der Waals surface area contributed by atoms with Crippen molar-refractivity contribution in [3.05, 3.63) is 45.4 Å². The molecule has 26 heavy (non-hydrogen) atoms. The number of thiophene rings is 2. The molecule has 0 radical (unpaired) electrons. The maximum absolute atomic E-state index is 12.9. The van der Waals surface area contributed by atoms with Crippen molar-refractivity contribution in [1.29, 1.82) is 0 Å². The highest BCUT2D eigenvalue weighted by Crippen LogP contribution is 2.36. The molecule has 0 fully saturated rings. The standard InChI is InChI=1S/C17H13N5OS3/c18-14-13-9-3-4-22(6-12(9)26-16(13)20-8-19-14)17(23)10-7-25-15(21-10)11-2-1-5-24-11/h1-2,5,7-8H,3-4,6H2,(H2,18,19,20). The van der Waals surface area contributed by atoms with Crippen LogP contribution in [0.2, 0.25) is 0 Å². The topological polar surface area (TPSA) is 85.0 Å². The highest BCUT2D eigenvalue weighted by molar-refractivity contribution is 7.20. The van der Waals surface area contributed by atoms with Gasteiger partial charge in [0.25, 0.3) is 5.91 Å². The number of nitrogen functional groups attached to an aromatic ring is 1. The average Bonchev–Trinajstić information content (AvgIpc) is 3.38. The third-order valence-electron chi connectivity index (χ3n) is 4.41. The largest absolute Gasteiger partial charge is 0.383 e. The summed E-state index contributed by atoms with van der Waals surface area (Å²) in [7, 11) is 0. The molecule has 0 saturated heterocycles. The molecule has 9 heteroatoms. The fourth-order valence-electron chi connectivity index (χ4n) is 3.17. The zero-order valence-corrected chi connectivity index (χ0v) is 16.0. The third-order valence-corrected chi connectivity index (χ3v) is 7.41. The monoisotopic (exact) mass is 399 g/mol. The van der Waals surface area contributed by atoms with Gasteiger partial charge >= 0.3 is 0 Å². The van der Waals surface area contributed by atoms with Crippen molar-refractivity contribution in [2.45, 2.75) is 13.0 Å². The SMILES string of the molecule is Nc1ncnc2sc3c(c12)CCN(C(=O)c1csc(-c2cccs2)n1)C3. The van der Waals surface area contributed by atoms with Crippen LogP contribution >= 0.6 is 34.0 Å². The van der Waals surface area contributed by atoms with Gasteiger partial charge in [-0.15, -0.1) is 34.0 Å². The van der Waals surface area contributed by atoms with E-state index in [0.717, 1.165) is 31.4 Å². The molecule has 0 saturated carbocycles. The van der Waals surface area contributed by atoms with Gasteiger partial charge in [-0.2, -0.15) is 0 Å². The van der Waals surface area contributed by atoms with E-state index in [1.54, 1.807) is 22.7 Å². The summed E-state index contributed by atoms with van der Waals surface area (Å²) in [6.07, 6.45) is 2.25. The molecule has 0 spiro atoms. The molecule has 0 atom stereocenters. The van der Waals surface area contributed by atoms with Crippen molar-refractivity contribution in [1.82, 2.24) is 19.9 Å². The van der Waals surface area contributed by atoms with Crippen molar-refractivity contribution in [2.75, 3.05) is 12.3 Å². The van der Waals surface area contributed by atoms with Crippen LogP contribution in [0.1, 0.15) is 20.9 Å². The number of fused-ring (bicyclic) bond motifs is 3. The predicted octanol–water partition coefficient (Wildman–Crippen LogP) is 3.66. The fourth-order valence-corrected chi connectivity index (χ4v) is 5.99. The first-order valence-corrected chi connectivity index (χ1v) is 10.6. The van der Waals surface area contributed by atoms with Gasteiger partial charge < -0.3 is 10.6 Å². The molecule has 5 heterocycles. The van der Waals surface area contributed by atoms with Crippen LogP contribution in [-0.2, 0) is 13.0 Å². The molecular formula is C17H13N5OS3. The Morgan fingerprint density at radius 3 is 3.04 bits per heavy atom. The third kappa shape index (κ3) is 2.51. The number of anilines is 1. The maximum Gasteiger partial charge on any atom is 0.273 e. The fraction of sp³-hybridized carbons (Fsp3) is 0.176. The number of hydrogen-bond donors (Lipinski definition) is 1. The highest BCUT2D eigenvalue weighted by Gasteiger charge is 2.27. The Morgan fingerprint density at radius 2 is 2.19 bits per heavy atom. The molecule has 2 N–H and O–H groups in total. The van der Waals surface area contributed by atoms with Gasteiger partial charge in [0.1, 0.15) is 27.7 Å². The quantitative estimate of drug-likeness (QED) is 0.556. The number of carbonyl (C=O) groups excluding carboxylic acids is 1. The first-order valence-electron chi connectivity index (χ1n) is 8.00. The summed E-state index contributed by atoms with van der Waals surface area (Å²) >= 11 is 4.73. The summed E-state index contributed by atoms with van der Waals surface area (Å²) in [5.74, 6) is 0.499. The molecule has 1 amide bonds. The Bertz CT molecular complexity index is 1120. The van der Waals surface area contributed by atoms with Crippen molar-refractivity contribution < 1.29 is 4.79 Å². The van der Waals surface area contributed by atoms with E-state index in [-0.39, 0.29) is 5.91 Å². The Hall–Kier alpha value is -2.36. The molecule has 0 aromatic carbocycles. The molecule has 5 rings (SSSR count). The van der Waals surface area contributed by atoms with E-state index in [0.29, 0.717) is 24.6 Å². The van der Waals surface area contributed by atoms with Gasteiger partial charge in [0.2, 0.25) is 0 Å². The molecule has 4 aromatic rings. The van der Waals surface area contributed by atoms with Crippen molar-refractivity contribution in [2.24, 2.45) is 0 Å². The Morgan fingerprint density at radius 1 is 1.27 bits per heavy atom. The Balaban J connectivity index is 1.43. The lowest BCUT2D eigenvalue weighted by Crippen LogP contribution is -2.35. The first kappa shape index (κ1) is 15.9. The predicted molar refractivity (Wildman–Crippen MR) is 106 cm³/mol. The van der Waals surface area contributed by atoms with Gasteiger partial charge in [-0.3, -0.25) is 4.79 Å². The molecule has 130 valence electrons. The van der Waals surface area contributed by atoms with Gasteiger partial charge in [-0.25, -0.2) is 15.0 Å². The second-order valence-electron chi connectivity index (χ2n) is 5.93. The average molecular weight is 400 g/mol. The van der Waals surface area contributed by atoms with Gasteiger partial charge in [-0.1, -0.05) is 6.07 Å². The lowest BCUT2D eigenvalue weighted by Gasteiger charge is -2.26. The number of carbonyl (C=O) groups is 1. The number of thiazole rings is 1. The smallest absolute Gasteiger partial charge is 0.273 e. The van der Waals surface area contributed by atoms with Crippen LogP contribution in [0, 0.1) is 0 Å². The van der Waals surface area contributed by atoms with Crippen molar-refractivity contribution >= 4 is 56.0 Å². The Kier molecular flexibility index (Phi) is 3.73. The first-order chi connectivity index (χ1) is 12.7. The van der Waals surface area contributed by atoms with Gasteiger partial charge in [0.15, 0.2) is 0 Å². The van der Waals surface area contributed by atoms with Crippen molar-refractivity contribution in [3.63, 3.8) is 0 Å². The molecule has 4 aromatic heterocycles. The van der Waals surface area contributed by atoms with Crippen LogP contribution in [0.3, 0.4) is 0 Å². The van der Waals surface area contributed by atoms with Crippen LogP contribution in [0.4, 0.5) is 5.82 Å². The van der Waals surface area contributed by atoms with Crippen LogP contribution in [0.5, 0.6) is 0 Å². The van der Waals surface area contributed by atoms with E-state index >= 15 is 0 Å².